The minimum Gasteiger partial charge on any atom is -0.394 e. The number of fused-ring (bicyclic) bond motifs is 2. The summed E-state index contributed by atoms with van der Waals surface area (Å²) >= 11 is 1.61. The van der Waals surface area contributed by atoms with Gasteiger partial charge in [0, 0.05) is 30.4 Å². The quantitative estimate of drug-likeness (QED) is 0.442. The lowest BCUT2D eigenvalue weighted by molar-refractivity contribution is -0.149. The van der Waals surface area contributed by atoms with Crippen molar-refractivity contribution in [1.29, 1.82) is 0 Å². The predicted octanol–water partition coefficient (Wildman–Crippen LogP) is 4.27. The molecule has 4 heterocycles. The smallest absolute Gasteiger partial charge is 0.247 e. The van der Waals surface area contributed by atoms with Crippen LogP contribution in [0.1, 0.15) is 59.4 Å². The highest BCUT2D eigenvalue weighted by Gasteiger charge is 2.74. The van der Waals surface area contributed by atoms with Crippen molar-refractivity contribution >= 4 is 29.5 Å². The number of hydrogen-bond donors (Lipinski definition) is 1. The molecule has 5 rings (SSSR count). The van der Waals surface area contributed by atoms with E-state index in [0.717, 1.165) is 24.8 Å². The van der Waals surface area contributed by atoms with E-state index < -0.39 is 33.4 Å². The molecule has 0 aromatic heterocycles. The van der Waals surface area contributed by atoms with Crippen molar-refractivity contribution in [2.75, 3.05) is 19.7 Å². The average Bonchev–Trinajstić information content (AvgIpc) is 3.23. The number of aliphatic hydroxyl groups excluding tert-OH is 1. The molecule has 7 nitrogen and oxygen atoms in total. The molecule has 1 aromatic carbocycles. The van der Waals surface area contributed by atoms with Crippen molar-refractivity contribution in [3.8, 4) is 0 Å². The molecule has 1 spiro atoms. The van der Waals surface area contributed by atoms with Gasteiger partial charge in [-0.25, -0.2) is 0 Å². The Hall–Kier alpha value is -2.58. The largest absolute Gasteiger partial charge is 0.394 e. The molecule has 4 aliphatic heterocycles. The lowest BCUT2D eigenvalue weighted by Crippen LogP contribution is -2.59. The molecule has 1 N–H and O–H groups in total. The van der Waals surface area contributed by atoms with Crippen molar-refractivity contribution < 1.29 is 19.5 Å². The zero-order valence-corrected chi connectivity index (χ0v) is 25.8. The Balaban J connectivity index is 1.62. The van der Waals surface area contributed by atoms with E-state index in [1.54, 1.807) is 16.7 Å². The van der Waals surface area contributed by atoms with Gasteiger partial charge in [-0.2, -0.15) is 0 Å². The van der Waals surface area contributed by atoms with Crippen LogP contribution < -0.4 is 0 Å². The summed E-state index contributed by atoms with van der Waals surface area (Å²) in [7, 11) is 0. The molecule has 8 heteroatoms. The second kappa shape index (κ2) is 11.6. The third-order valence-electron chi connectivity index (χ3n) is 9.91. The van der Waals surface area contributed by atoms with Crippen LogP contribution in [0.3, 0.4) is 0 Å². The second-order valence-electron chi connectivity index (χ2n) is 12.5. The summed E-state index contributed by atoms with van der Waals surface area (Å²) in [5.41, 5.74) is 1.04. The Morgan fingerprint density at radius 3 is 2.34 bits per heavy atom. The lowest BCUT2D eigenvalue weighted by atomic mass is 9.74. The number of rotatable bonds is 9. The summed E-state index contributed by atoms with van der Waals surface area (Å²) in [6, 6.07) is 8.68. The van der Waals surface area contributed by atoms with Crippen molar-refractivity contribution in [3.05, 3.63) is 60.2 Å². The molecular weight excluding hydrogens is 534 g/mol. The Kier molecular flexibility index (Phi) is 8.46. The summed E-state index contributed by atoms with van der Waals surface area (Å²) in [6.07, 6.45) is 10.9. The third kappa shape index (κ3) is 4.85. The molecule has 0 saturated carbocycles. The zero-order chi connectivity index (χ0) is 29.5. The number of carbonyl (C=O) groups is 3. The van der Waals surface area contributed by atoms with Gasteiger partial charge in [-0.1, -0.05) is 88.2 Å². The van der Waals surface area contributed by atoms with Gasteiger partial charge in [0.1, 0.15) is 6.04 Å². The first-order valence-corrected chi connectivity index (χ1v) is 16.1. The SMILES string of the molecule is CCCC(C)N1CC=C[C@]23S[C@@]4(C)C=CCN(Cc5ccccc5)C(=O)[C@H]4[C@H]2C(=O)N([C@@H](CO)[C@@H](C)CC)C3C1=O. The summed E-state index contributed by atoms with van der Waals surface area (Å²) in [5, 5.41) is 10.6. The number of hydrogen-bond acceptors (Lipinski definition) is 5. The van der Waals surface area contributed by atoms with Crippen LogP contribution in [0, 0.1) is 17.8 Å². The average molecular weight is 580 g/mol. The Labute approximate surface area is 249 Å². The Bertz CT molecular complexity index is 1220. The molecule has 0 radical (unpaired) electrons. The number of benzene rings is 1. The first-order valence-electron chi connectivity index (χ1n) is 15.2. The highest BCUT2D eigenvalue weighted by molar-refractivity contribution is 8.02. The molecule has 2 unspecified atom stereocenters. The summed E-state index contributed by atoms with van der Waals surface area (Å²) in [6.45, 7) is 11.5. The van der Waals surface area contributed by atoms with Crippen molar-refractivity contribution in [2.24, 2.45) is 17.8 Å². The maximum Gasteiger partial charge on any atom is 0.247 e. The van der Waals surface area contributed by atoms with Crippen LogP contribution in [0.5, 0.6) is 0 Å². The molecule has 3 amide bonds. The van der Waals surface area contributed by atoms with Crippen molar-refractivity contribution in [1.82, 2.24) is 14.7 Å². The van der Waals surface area contributed by atoms with Gasteiger partial charge in [-0.05, 0) is 31.7 Å². The molecule has 4 aliphatic rings. The molecule has 8 atom stereocenters. The van der Waals surface area contributed by atoms with E-state index in [1.165, 1.54) is 0 Å². The highest BCUT2D eigenvalue weighted by atomic mass is 32.2. The van der Waals surface area contributed by atoms with Crippen LogP contribution >= 0.6 is 11.8 Å². The van der Waals surface area contributed by atoms with Gasteiger partial charge >= 0.3 is 0 Å². The summed E-state index contributed by atoms with van der Waals surface area (Å²) < 4.78 is -1.54. The van der Waals surface area contributed by atoms with Gasteiger partial charge in [0.25, 0.3) is 0 Å². The van der Waals surface area contributed by atoms with Crippen molar-refractivity contribution in [3.63, 3.8) is 0 Å². The van der Waals surface area contributed by atoms with Gasteiger partial charge < -0.3 is 19.8 Å². The van der Waals surface area contributed by atoms with Crippen LogP contribution in [0.25, 0.3) is 0 Å². The minimum atomic E-state index is -0.898. The second-order valence-corrected chi connectivity index (χ2v) is 14.3. The normalized spacial score (nSPS) is 33.3. The number of carbonyl (C=O) groups excluding carboxylic acids is 3. The van der Waals surface area contributed by atoms with Gasteiger partial charge in [0.2, 0.25) is 17.7 Å². The van der Waals surface area contributed by atoms with Gasteiger partial charge in [-0.15, -0.1) is 11.8 Å². The number of aliphatic hydroxyl groups is 1. The van der Waals surface area contributed by atoms with E-state index in [0.29, 0.717) is 19.6 Å². The zero-order valence-electron chi connectivity index (χ0n) is 25.0. The number of amides is 3. The van der Waals surface area contributed by atoms with E-state index in [2.05, 4.69) is 39.0 Å². The first-order chi connectivity index (χ1) is 19.6. The number of thioether (sulfide) groups is 1. The predicted molar refractivity (Wildman–Crippen MR) is 163 cm³/mol. The summed E-state index contributed by atoms with van der Waals surface area (Å²) in [5.74, 6) is -1.62. The first kappa shape index (κ1) is 29.9. The maximum absolute atomic E-state index is 14.8. The van der Waals surface area contributed by atoms with Crippen LogP contribution in [0.15, 0.2) is 54.6 Å². The molecule has 1 aromatic rings. The fraction of sp³-hybridized carbons (Fsp3) is 0.606. The molecule has 0 aliphatic carbocycles. The van der Waals surface area contributed by atoms with Crippen LogP contribution in [0.2, 0.25) is 0 Å². The van der Waals surface area contributed by atoms with E-state index in [-0.39, 0.29) is 36.3 Å². The highest BCUT2D eigenvalue weighted by Crippen LogP contribution is 2.66. The Morgan fingerprint density at radius 1 is 0.976 bits per heavy atom. The van der Waals surface area contributed by atoms with Crippen molar-refractivity contribution in [2.45, 2.75) is 88.0 Å². The molecule has 0 bridgehead atoms. The Morgan fingerprint density at radius 2 is 1.68 bits per heavy atom. The topological polar surface area (TPSA) is 81.2 Å². The van der Waals surface area contributed by atoms with Gasteiger partial charge in [-0.3, -0.25) is 14.4 Å². The lowest BCUT2D eigenvalue weighted by Gasteiger charge is -2.42. The third-order valence-corrected chi connectivity index (χ3v) is 11.7. The van der Waals surface area contributed by atoms with Gasteiger partial charge in [0.15, 0.2) is 0 Å². The van der Waals surface area contributed by atoms with Gasteiger partial charge in [0.05, 0.1) is 29.2 Å². The molecule has 2 saturated heterocycles. The fourth-order valence-corrected chi connectivity index (χ4v) is 9.76. The molecule has 2 fully saturated rings. The maximum atomic E-state index is 14.8. The number of likely N-dealkylation sites (tertiary alicyclic amines) is 1. The molecule has 41 heavy (non-hydrogen) atoms. The number of nitrogens with zero attached hydrogens (tertiary/aromatic N) is 3. The van der Waals surface area contributed by atoms with Crippen LogP contribution in [-0.2, 0) is 20.9 Å². The van der Waals surface area contributed by atoms with E-state index in [4.69, 9.17) is 0 Å². The van der Waals surface area contributed by atoms with E-state index in [1.807, 2.05) is 60.1 Å². The molecule has 222 valence electrons. The van der Waals surface area contributed by atoms with Crippen LogP contribution in [-0.4, -0.2) is 84.8 Å². The van der Waals surface area contributed by atoms with Crippen LogP contribution in [0.4, 0.5) is 0 Å². The monoisotopic (exact) mass is 579 g/mol. The van der Waals surface area contributed by atoms with E-state index in [9.17, 15) is 19.5 Å². The fourth-order valence-electron chi connectivity index (χ4n) is 7.62. The van der Waals surface area contributed by atoms with E-state index >= 15 is 0 Å². The summed E-state index contributed by atoms with van der Waals surface area (Å²) in [4.78, 5) is 49.3. The standard InChI is InChI=1S/C33H45N3O4S/c1-6-13-23(4)35-19-12-17-33-27(30(39)36(28(33)31(35)40)25(21-37)22(3)7-2)26-29(38)34(18-11-16-32(26,5)41-33)20-24-14-9-8-10-15-24/h8-12,14-17,22-23,25-28,37H,6-7,13,18-21H2,1-5H3/t22-,23?,25-,26+,27-,28?,32-,33-/m0/s1. The minimum absolute atomic E-state index is 0.00271. The molecular formula is C33H45N3O4S.